The minimum Gasteiger partial charge on any atom is -0.495 e. The maximum Gasteiger partial charge on any atom is 0.243 e. The number of amides is 1. The molecular formula is C23H29N3O6S2. The standard InChI is InChI=1S/C23H29N3O6S2/c1-32-22-12-11-20(34(30,31)25-13-5-6-14-25)16-21(22)24-23(27)18-8-7-15-26(17-18)33(28,29)19-9-3-2-4-10-19/h2-4,9-12,16,18H,5-8,13-15,17H2,1H3,(H,24,27)/t18-/m0/s1. The number of hydrogen-bond donors (Lipinski definition) is 1. The van der Waals surface area contributed by atoms with E-state index in [0.29, 0.717) is 38.2 Å². The zero-order chi connectivity index (χ0) is 24.3. The SMILES string of the molecule is COc1ccc(S(=O)(=O)N2CCCC2)cc1NC(=O)[C@H]1CCCN(S(=O)(=O)c2ccccc2)C1. The number of rotatable bonds is 7. The number of ether oxygens (including phenoxy) is 1. The summed E-state index contributed by atoms with van der Waals surface area (Å²) in [6, 6.07) is 12.5. The molecule has 0 aromatic heterocycles. The lowest BCUT2D eigenvalue weighted by molar-refractivity contribution is -0.120. The van der Waals surface area contributed by atoms with Crippen molar-refractivity contribution in [1.29, 1.82) is 0 Å². The number of nitrogens with zero attached hydrogens (tertiary/aromatic N) is 2. The van der Waals surface area contributed by atoms with Gasteiger partial charge in [0.25, 0.3) is 0 Å². The van der Waals surface area contributed by atoms with Crippen molar-refractivity contribution in [3.8, 4) is 5.75 Å². The van der Waals surface area contributed by atoms with Crippen molar-refractivity contribution in [2.45, 2.75) is 35.5 Å². The highest BCUT2D eigenvalue weighted by molar-refractivity contribution is 7.89. The lowest BCUT2D eigenvalue weighted by Gasteiger charge is -2.31. The Labute approximate surface area is 200 Å². The zero-order valence-electron chi connectivity index (χ0n) is 19.0. The van der Waals surface area contributed by atoms with Crippen LogP contribution in [0.15, 0.2) is 58.3 Å². The third kappa shape index (κ3) is 4.97. The van der Waals surface area contributed by atoms with Gasteiger partial charge in [-0.15, -0.1) is 0 Å². The van der Waals surface area contributed by atoms with Crippen LogP contribution in [0.2, 0.25) is 0 Å². The molecule has 2 aromatic rings. The molecule has 2 fully saturated rings. The number of methoxy groups -OCH3 is 1. The first-order valence-electron chi connectivity index (χ1n) is 11.3. The molecule has 1 N–H and O–H groups in total. The van der Waals surface area contributed by atoms with E-state index in [4.69, 9.17) is 4.74 Å². The van der Waals surface area contributed by atoms with Gasteiger partial charge in [-0.2, -0.15) is 8.61 Å². The van der Waals surface area contributed by atoms with Crippen LogP contribution < -0.4 is 10.1 Å². The highest BCUT2D eigenvalue weighted by Crippen LogP contribution is 2.31. The minimum atomic E-state index is -3.71. The normalized spacial score (nSPS) is 20.2. The Bertz CT molecular complexity index is 1240. The lowest BCUT2D eigenvalue weighted by atomic mass is 9.98. The second-order valence-corrected chi connectivity index (χ2v) is 12.4. The van der Waals surface area contributed by atoms with E-state index in [-0.39, 0.29) is 27.9 Å². The molecule has 1 amide bonds. The van der Waals surface area contributed by atoms with Crippen molar-refractivity contribution < 1.29 is 26.4 Å². The van der Waals surface area contributed by atoms with E-state index in [2.05, 4.69) is 5.32 Å². The van der Waals surface area contributed by atoms with Crippen molar-refractivity contribution in [3.63, 3.8) is 0 Å². The highest BCUT2D eigenvalue weighted by atomic mass is 32.2. The predicted molar refractivity (Wildman–Crippen MR) is 128 cm³/mol. The maximum absolute atomic E-state index is 13.1. The van der Waals surface area contributed by atoms with Crippen LogP contribution in [0, 0.1) is 5.92 Å². The van der Waals surface area contributed by atoms with Gasteiger partial charge in [-0.25, -0.2) is 16.8 Å². The third-order valence-electron chi connectivity index (χ3n) is 6.27. The number of anilines is 1. The van der Waals surface area contributed by atoms with Crippen molar-refractivity contribution >= 4 is 31.6 Å². The van der Waals surface area contributed by atoms with Gasteiger partial charge in [0, 0.05) is 26.2 Å². The summed E-state index contributed by atoms with van der Waals surface area (Å²) >= 11 is 0. The zero-order valence-corrected chi connectivity index (χ0v) is 20.6. The Morgan fingerprint density at radius 3 is 2.21 bits per heavy atom. The summed E-state index contributed by atoms with van der Waals surface area (Å²) in [4.78, 5) is 13.4. The van der Waals surface area contributed by atoms with E-state index in [1.54, 1.807) is 18.2 Å². The predicted octanol–water partition coefficient (Wildman–Crippen LogP) is 2.52. The van der Waals surface area contributed by atoms with Crippen molar-refractivity contribution in [2.24, 2.45) is 5.92 Å². The molecule has 2 aliphatic heterocycles. The van der Waals surface area contributed by atoms with E-state index < -0.39 is 26.0 Å². The molecule has 0 bridgehead atoms. The first kappa shape index (κ1) is 24.6. The van der Waals surface area contributed by atoms with Crippen LogP contribution in [0.4, 0.5) is 5.69 Å². The number of carbonyl (C=O) groups is 1. The van der Waals surface area contributed by atoms with Crippen LogP contribution in [0.1, 0.15) is 25.7 Å². The molecule has 2 saturated heterocycles. The fourth-order valence-electron chi connectivity index (χ4n) is 4.37. The number of sulfonamides is 2. The Hall–Kier alpha value is -2.47. The summed E-state index contributed by atoms with van der Waals surface area (Å²) in [5, 5.41) is 2.78. The monoisotopic (exact) mass is 507 g/mol. The third-order valence-corrected chi connectivity index (χ3v) is 10.0. The Morgan fingerprint density at radius 2 is 1.53 bits per heavy atom. The van der Waals surface area contributed by atoms with E-state index in [9.17, 15) is 21.6 Å². The van der Waals surface area contributed by atoms with Crippen molar-refractivity contribution in [1.82, 2.24) is 8.61 Å². The molecule has 2 aliphatic rings. The van der Waals surface area contributed by atoms with Crippen LogP contribution in [0.3, 0.4) is 0 Å². The van der Waals surface area contributed by atoms with Gasteiger partial charge < -0.3 is 10.1 Å². The van der Waals surface area contributed by atoms with Gasteiger partial charge >= 0.3 is 0 Å². The van der Waals surface area contributed by atoms with Gasteiger partial charge in [0.2, 0.25) is 26.0 Å². The molecule has 0 spiro atoms. The second-order valence-electron chi connectivity index (χ2n) is 8.48. The molecule has 2 aromatic carbocycles. The van der Waals surface area contributed by atoms with Gasteiger partial charge in [0.05, 0.1) is 28.5 Å². The topological polar surface area (TPSA) is 113 Å². The molecule has 184 valence electrons. The molecule has 0 aliphatic carbocycles. The highest BCUT2D eigenvalue weighted by Gasteiger charge is 2.34. The number of hydrogen-bond acceptors (Lipinski definition) is 6. The molecule has 4 rings (SSSR count). The molecular weight excluding hydrogens is 478 g/mol. The van der Waals surface area contributed by atoms with Gasteiger partial charge in [-0.3, -0.25) is 4.79 Å². The lowest BCUT2D eigenvalue weighted by Crippen LogP contribution is -2.43. The number of benzene rings is 2. The number of piperidine rings is 1. The van der Waals surface area contributed by atoms with Gasteiger partial charge in [0.1, 0.15) is 5.75 Å². The second kappa shape index (κ2) is 10.0. The van der Waals surface area contributed by atoms with Crippen LogP contribution in [0.5, 0.6) is 5.75 Å². The summed E-state index contributed by atoms with van der Waals surface area (Å²) in [5.41, 5.74) is 0.246. The maximum atomic E-state index is 13.1. The number of carbonyl (C=O) groups excluding carboxylic acids is 1. The Kier molecular flexibility index (Phi) is 7.27. The molecule has 1 atom stereocenters. The van der Waals surface area contributed by atoms with Crippen molar-refractivity contribution in [3.05, 3.63) is 48.5 Å². The van der Waals surface area contributed by atoms with E-state index >= 15 is 0 Å². The fraction of sp³-hybridized carbons (Fsp3) is 0.435. The average Bonchev–Trinajstić information content (AvgIpc) is 3.41. The first-order chi connectivity index (χ1) is 16.2. The molecule has 0 unspecified atom stereocenters. The fourth-order valence-corrected chi connectivity index (χ4v) is 7.46. The molecule has 34 heavy (non-hydrogen) atoms. The summed E-state index contributed by atoms with van der Waals surface area (Å²) in [6.07, 6.45) is 2.72. The van der Waals surface area contributed by atoms with Gasteiger partial charge in [-0.05, 0) is 56.0 Å². The Balaban J connectivity index is 1.53. The Morgan fingerprint density at radius 1 is 0.882 bits per heavy atom. The van der Waals surface area contributed by atoms with E-state index in [0.717, 1.165) is 12.8 Å². The smallest absolute Gasteiger partial charge is 0.243 e. The molecule has 11 heteroatoms. The molecule has 0 radical (unpaired) electrons. The molecule has 9 nitrogen and oxygen atoms in total. The molecule has 2 heterocycles. The minimum absolute atomic E-state index is 0.0527. The average molecular weight is 508 g/mol. The van der Waals surface area contributed by atoms with E-state index in [1.807, 2.05) is 0 Å². The summed E-state index contributed by atoms with van der Waals surface area (Å²) in [7, 11) is -5.93. The molecule has 0 saturated carbocycles. The van der Waals surface area contributed by atoms with Crippen LogP contribution >= 0.6 is 0 Å². The van der Waals surface area contributed by atoms with Crippen LogP contribution in [-0.4, -0.2) is 64.6 Å². The quantitative estimate of drug-likeness (QED) is 0.616. The largest absolute Gasteiger partial charge is 0.495 e. The summed E-state index contributed by atoms with van der Waals surface area (Å²) < 4.78 is 60.0. The van der Waals surface area contributed by atoms with Crippen molar-refractivity contribution in [2.75, 3.05) is 38.6 Å². The van der Waals surface area contributed by atoms with Gasteiger partial charge in [0.15, 0.2) is 0 Å². The first-order valence-corrected chi connectivity index (χ1v) is 14.2. The number of nitrogens with one attached hydrogen (secondary N) is 1. The van der Waals surface area contributed by atoms with Crippen LogP contribution in [-0.2, 0) is 24.8 Å². The van der Waals surface area contributed by atoms with E-state index in [1.165, 1.54) is 46.1 Å². The van der Waals surface area contributed by atoms with Gasteiger partial charge in [-0.1, -0.05) is 18.2 Å². The summed E-state index contributed by atoms with van der Waals surface area (Å²) in [6.45, 7) is 1.35. The summed E-state index contributed by atoms with van der Waals surface area (Å²) in [5.74, 6) is -0.615. The van der Waals surface area contributed by atoms with Crippen LogP contribution in [0.25, 0.3) is 0 Å².